The van der Waals surface area contributed by atoms with Crippen LogP contribution in [0.15, 0.2) is 78.9 Å². The molecule has 0 bridgehead atoms. The molecule has 2 aliphatic carbocycles. The third-order valence-electron chi connectivity index (χ3n) is 12.0. The van der Waals surface area contributed by atoms with E-state index in [1.807, 2.05) is 37.3 Å². The van der Waals surface area contributed by atoms with Crippen LogP contribution in [0.25, 0.3) is 22.2 Å². The minimum atomic E-state index is -4.62. The average Bonchev–Trinajstić information content (AvgIpc) is 4.09. The number of ether oxygens (including phenoxy) is 2. The van der Waals surface area contributed by atoms with Gasteiger partial charge in [0.25, 0.3) is 5.91 Å². The highest BCUT2D eigenvalue weighted by atomic mass is 32.2. The number of amides is 3. The molecule has 4 aromatic rings. The summed E-state index contributed by atoms with van der Waals surface area (Å²) >= 11 is 0. The van der Waals surface area contributed by atoms with Gasteiger partial charge in [0.2, 0.25) is 21.8 Å². The number of halogens is 3. The molecule has 1 aliphatic heterocycles. The molecule has 0 spiro atoms. The number of pyridine rings is 1. The van der Waals surface area contributed by atoms with Gasteiger partial charge in [0.15, 0.2) is 0 Å². The Bertz CT molecular complexity index is 2420. The van der Waals surface area contributed by atoms with Crippen LogP contribution in [0.4, 0.5) is 18.9 Å². The summed E-state index contributed by atoms with van der Waals surface area (Å²) in [6.45, 7) is 8.57. The van der Waals surface area contributed by atoms with Crippen LogP contribution in [0.2, 0.25) is 0 Å². The minimum absolute atomic E-state index is 0.0243. The second-order valence-corrected chi connectivity index (χ2v) is 19.6. The van der Waals surface area contributed by atoms with Crippen LogP contribution in [-0.2, 0) is 30.6 Å². The SMILES string of the molecule is CCC1CC1(NC(=O)C1CC(Oc2cc(-c3ccccc3)nc3cc(OC)ccc23)CN1C(=O)C(Nc1cccc(C(F)(F)F)c1)C(C)(C)C)C(=O)NS(=O)(=O)C1(C)CC1. The third kappa shape index (κ3) is 8.48. The number of benzene rings is 3. The van der Waals surface area contributed by atoms with Crippen molar-refractivity contribution in [2.75, 3.05) is 19.0 Å². The fourth-order valence-electron chi connectivity index (χ4n) is 7.87. The summed E-state index contributed by atoms with van der Waals surface area (Å²) in [6.07, 6.45) is -3.95. The summed E-state index contributed by atoms with van der Waals surface area (Å²) in [5, 5.41) is 6.53. The Kier molecular flexibility index (Phi) is 11.1. The van der Waals surface area contributed by atoms with Gasteiger partial charge in [-0.2, -0.15) is 13.2 Å². The first-order chi connectivity index (χ1) is 28.2. The number of likely N-dealkylation sites (tertiary alicyclic amines) is 1. The first-order valence-corrected chi connectivity index (χ1v) is 21.5. The van der Waals surface area contributed by atoms with Crippen LogP contribution in [0.1, 0.15) is 72.3 Å². The summed E-state index contributed by atoms with van der Waals surface area (Å²) in [7, 11) is -2.48. The van der Waals surface area contributed by atoms with Crippen LogP contribution in [0.3, 0.4) is 0 Å². The minimum Gasteiger partial charge on any atom is -0.497 e. The number of fused-ring (bicyclic) bond motifs is 1. The van der Waals surface area contributed by atoms with Crippen LogP contribution < -0.4 is 24.8 Å². The van der Waals surface area contributed by atoms with Crippen molar-refractivity contribution in [3.63, 3.8) is 0 Å². The molecule has 60 heavy (non-hydrogen) atoms. The molecule has 3 fully saturated rings. The van der Waals surface area contributed by atoms with Gasteiger partial charge in [-0.05, 0) is 67.9 Å². The lowest BCUT2D eigenvalue weighted by atomic mass is 9.85. The second kappa shape index (κ2) is 15.6. The number of methoxy groups -OCH3 is 1. The molecule has 3 N–H and O–H groups in total. The van der Waals surface area contributed by atoms with Gasteiger partial charge in [0.1, 0.15) is 35.2 Å². The van der Waals surface area contributed by atoms with Crippen LogP contribution >= 0.6 is 0 Å². The summed E-state index contributed by atoms with van der Waals surface area (Å²) in [5.74, 6) is -1.45. The smallest absolute Gasteiger partial charge is 0.416 e. The van der Waals surface area contributed by atoms with Crippen LogP contribution in [0.5, 0.6) is 11.5 Å². The molecule has 1 saturated heterocycles. The maximum atomic E-state index is 14.9. The zero-order valence-electron chi connectivity index (χ0n) is 34.4. The summed E-state index contributed by atoms with van der Waals surface area (Å²) in [6, 6.07) is 18.8. The van der Waals surface area contributed by atoms with Crippen LogP contribution in [0, 0.1) is 11.3 Å². The van der Waals surface area contributed by atoms with Gasteiger partial charge in [-0.25, -0.2) is 13.4 Å². The number of rotatable bonds is 13. The standard InChI is InChI=1S/C44H50F3N5O7S/c1-7-27-24-43(27,40(55)51-60(56,57)42(5)18-19-42)50-38(53)35-22-31(25-52(35)39(54)37(41(2,3)4)48-29-15-11-14-28(20-29)44(45,46)47)59-36-23-33(26-12-9-8-10-13-26)49-34-21-30(58-6)16-17-32(34)36/h8-17,20-21,23,27,31,35,37,48H,7,18-19,22,24-25H2,1-6H3,(H,50,53)(H,51,55). The van der Waals surface area contributed by atoms with E-state index in [9.17, 15) is 36.0 Å². The number of carbonyl (C=O) groups excluding carboxylic acids is 3. The third-order valence-corrected chi connectivity index (χ3v) is 14.1. The van der Waals surface area contributed by atoms with E-state index in [4.69, 9.17) is 14.5 Å². The number of nitrogens with zero attached hydrogens (tertiary/aromatic N) is 2. The van der Waals surface area contributed by atoms with E-state index in [1.54, 1.807) is 59.1 Å². The lowest BCUT2D eigenvalue weighted by Crippen LogP contribution is -2.59. The van der Waals surface area contributed by atoms with E-state index >= 15 is 0 Å². The fourth-order valence-corrected chi connectivity index (χ4v) is 9.19. The predicted octanol–water partition coefficient (Wildman–Crippen LogP) is 7.09. The first kappa shape index (κ1) is 42.7. The van der Waals surface area contributed by atoms with Crippen molar-refractivity contribution < 1.29 is 45.4 Å². The zero-order chi connectivity index (χ0) is 43.4. The Morgan fingerprint density at radius 2 is 1.70 bits per heavy atom. The Labute approximate surface area is 347 Å². The molecule has 2 saturated carbocycles. The molecule has 7 rings (SSSR count). The van der Waals surface area contributed by atoms with Gasteiger partial charge in [-0.15, -0.1) is 0 Å². The molecular formula is C44H50F3N5O7S. The Morgan fingerprint density at radius 3 is 2.32 bits per heavy atom. The predicted molar refractivity (Wildman–Crippen MR) is 221 cm³/mol. The molecule has 0 radical (unpaired) electrons. The van der Waals surface area contributed by atoms with E-state index < -0.39 is 73.4 Å². The topological polar surface area (TPSA) is 156 Å². The number of anilines is 1. The van der Waals surface area contributed by atoms with Gasteiger partial charge in [-0.3, -0.25) is 19.1 Å². The van der Waals surface area contributed by atoms with Crippen molar-refractivity contribution in [3.05, 3.63) is 84.4 Å². The monoisotopic (exact) mass is 849 g/mol. The van der Waals surface area contributed by atoms with Gasteiger partial charge in [0.05, 0.1) is 35.2 Å². The number of hydrogen-bond donors (Lipinski definition) is 3. The van der Waals surface area contributed by atoms with E-state index in [1.165, 1.54) is 17.0 Å². The van der Waals surface area contributed by atoms with Crippen molar-refractivity contribution >= 4 is 44.3 Å². The molecular weight excluding hydrogens is 800 g/mol. The fraction of sp³-hybridized carbons (Fsp3) is 0.455. The molecule has 2 heterocycles. The molecule has 5 atom stereocenters. The lowest BCUT2D eigenvalue weighted by Gasteiger charge is -2.36. The van der Waals surface area contributed by atoms with E-state index in [2.05, 4.69) is 15.4 Å². The molecule has 16 heteroatoms. The van der Waals surface area contributed by atoms with Crippen molar-refractivity contribution in [1.82, 2.24) is 19.9 Å². The van der Waals surface area contributed by atoms with Crippen molar-refractivity contribution in [2.45, 2.75) is 101 Å². The second-order valence-electron chi connectivity index (χ2n) is 17.4. The molecule has 3 amide bonds. The number of sulfonamides is 1. The summed E-state index contributed by atoms with van der Waals surface area (Å²) in [5.41, 5.74) is -1.25. The summed E-state index contributed by atoms with van der Waals surface area (Å²) in [4.78, 5) is 49.5. The molecule has 3 aromatic carbocycles. The zero-order valence-corrected chi connectivity index (χ0v) is 35.2. The number of alkyl halides is 3. The lowest BCUT2D eigenvalue weighted by molar-refractivity contribution is -0.141. The highest BCUT2D eigenvalue weighted by molar-refractivity contribution is 7.91. The Morgan fingerprint density at radius 1 is 0.983 bits per heavy atom. The highest BCUT2D eigenvalue weighted by Crippen LogP contribution is 2.48. The van der Waals surface area contributed by atoms with Gasteiger partial charge in [-0.1, -0.05) is 70.5 Å². The number of aromatic nitrogens is 1. The van der Waals surface area contributed by atoms with Gasteiger partial charge >= 0.3 is 6.18 Å². The summed E-state index contributed by atoms with van der Waals surface area (Å²) < 4.78 is 80.8. The van der Waals surface area contributed by atoms with E-state index in [-0.39, 0.29) is 31.0 Å². The Hall–Kier alpha value is -5.38. The Balaban J connectivity index is 1.24. The quantitative estimate of drug-likeness (QED) is 0.128. The molecule has 12 nitrogen and oxygen atoms in total. The maximum Gasteiger partial charge on any atom is 0.416 e. The normalized spacial score (nSPS) is 22.8. The molecule has 5 unspecified atom stereocenters. The van der Waals surface area contributed by atoms with Crippen molar-refractivity contribution in [1.29, 1.82) is 0 Å². The van der Waals surface area contributed by atoms with Gasteiger partial charge in [0, 0.05) is 35.2 Å². The van der Waals surface area contributed by atoms with Crippen LogP contribution in [-0.4, -0.2) is 78.2 Å². The largest absolute Gasteiger partial charge is 0.497 e. The molecule has 3 aliphatic rings. The highest BCUT2D eigenvalue weighted by Gasteiger charge is 2.63. The molecule has 320 valence electrons. The number of nitrogens with one attached hydrogen (secondary N) is 3. The first-order valence-electron chi connectivity index (χ1n) is 20.0. The van der Waals surface area contributed by atoms with E-state index in [0.29, 0.717) is 47.4 Å². The maximum absolute atomic E-state index is 14.9. The number of carbonyl (C=O) groups is 3. The van der Waals surface area contributed by atoms with Gasteiger partial charge < -0.3 is 25.0 Å². The molecule has 1 aromatic heterocycles. The average molecular weight is 850 g/mol. The number of hydrogen-bond acceptors (Lipinski definition) is 9. The van der Waals surface area contributed by atoms with Crippen molar-refractivity contribution in [3.8, 4) is 22.8 Å². The van der Waals surface area contributed by atoms with Crippen molar-refractivity contribution in [2.24, 2.45) is 11.3 Å². The van der Waals surface area contributed by atoms with E-state index in [0.717, 1.165) is 17.7 Å².